The van der Waals surface area contributed by atoms with Gasteiger partial charge in [0.2, 0.25) is 31.3 Å². The molecule has 5 heterocycles. The van der Waals surface area contributed by atoms with Crippen LogP contribution in [0.5, 0.6) is 0 Å². The minimum Gasteiger partial charge on any atom is -0.438 e. The lowest BCUT2D eigenvalue weighted by Gasteiger charge is -2.43. The summed E-state index contributed by atoms with van der Waals surface area (Å²) in [4.78, 5) is 84.0. The molecule has 0 bridgehead atoms. The van der Waals surface area contributed by atoms with Crippen LogP contribution >= 0.6 is 18.9 Å². The Labute approximate surface area is 351 Å². The molecule has 20 heteroatoms. The maximum atomic E-state index is 16.2. The van der Waals surface area contributed by atoms with Crippen LogP contribution in [0.15, 0.2) is 24.3 Å². The summed E-state index contributed by atoms with van der Waals surface area (Å²) < 4.78 is 71.8. The van der Waals surface area contributed by atoms with E-state index in [1.54, 1.807) is 14.7 Å². The molecule has 1 aromatic heterocycles. The second-order valence-electron chi connectivity index (χ2n) is 17.6. The summed E-state index contributed by atoms with van der Waals surface area (Å²) in [6.45, 7) is 9.42. The highest BCUT2D eigenvalue weighted by Crippen LogP contribution is 2.67. The molecule has 4 fully saturated rings. The molecule has 1 aromatic carbocycles. The molecule has 2 aromatic rings. The molecule has 1 unspecified atom stereocenters. The van der Waals surface area contributed by atoms with Gasteiger partial charge in [-0.05, 0) is 97.2 Å². The quantitative estimate of drug-likeness (QED) is 0.167. The Balaban J connectivity index is 1.13. The van der Waals surface area contributed by atoms with Crippen LogP contribution in [0.2, 0.25) is 0 Å². The molecule has 6 rings (SSSR count). The number of nitrogens with zero attached hydrogens (tertiary/aromatic N) is 3. The van der Waals surface area contributed by atoms with Gasteiger partial charge in [0.25, 0.3) is 5.91 Å². The van der Waals surface area contributed by atoms with E-state index >= 15 is 8.78 Å². The fraction of sp³-hybridized carbons (Fsp3) is 0.650. The van der Waals surface area contributed by atoms with Gasteiger partial charge in [-0.3, -0.25) is 42.4 Å². The third-order valence-corrected chi connectivity index (χ3v) is 14.0. The van der Waals surface area contributed by atoms with E-state index in [-0.39, 0.29) is 53.0 Å². The highest BCUT2D eigenvalue weighted by molar-refractivity contribution is 7.54. The molecule has 4 aliphatic heterocycles. The normalized spacial score (nSPS) is 21.9. The van der Waals surface area contributed by atoms with Crippen molar-refractivity contribution in [1.29, 1.82) is 0 Å². The number of fused-ring (bicyclic) bond motifs is 2. The first kappa shape index (κ1) is 45.5. The van der Waals surface area contributed by atoms with E-state index in [1.165, 1.54) is 53.7 Å². The fourth-order valence-electron chi connectivity index (χ4n) is 7.47. The minimum absolute atomic E-state index is 0.00120. The first-order valence-electron chi connectivity index (χ1n) is 20.0. The minimum atomic E-state index is -5.58. The van der Waals surface area contributed by atoms with Crippen LogP contribution in [0.25, 0.3) is 10.1 Å². The molecule has 1 N–H and O–H groups in total. The number of benzene rings is 1. The smallest absolute Gasteiger partial charge is 0.410 e. The number of carbonyl (C=O) groups excluding carboxylic acids is 6. The predicted octanol–water partition coefficient (Wildman–Crippen LogP) is 5.23. The van der Waals surface area contributed by atoms with Gasteiger partial charge in [-0.15, -0.1) is 11.3 Å². The number of amides is 4. The van der Waals surface area contributed by atoms with Crippen LogP contribution in [-0.2, 0) is 57.5 Å². The van der Waals surface area contributed by atoms with Crippen LogP contribution in [-0.4, -0.2) is 121 Å². The van der Waals surface area contributed by atoms with Gasteiger partial charge in [-0.1, -0.05) is 6.07 Å². The van der Waals surface area contributed by atoms with E-state index in [0.717, 1.165) is 23.5 Å². The summed E-state index contributed by atoms with van der Waals surface area (Å²) in [5, 5.41) is 2.99. The van der Waals surface area contributed by atoms with Crippen molar-refractivity contribution in [3.05, 3.63) is 34.7 Å². The molecule has 0 saturated carbocycles. The van der Waals surface area contributed by atoms with Crippen molar-refractivity contribution in [2.24, 2.45) is 16.7 Å². The van der Waals surface area contributed by atoms with Gasteiger partial charge >= 0.3 is 25.2 Å². The molecule has 16 nitrogen and oxygen atoms in total. The summed E-state index contributed by atoms with van der Waals surface area (Å²) in [5.74, 6) is -3.13. The number of alkyl halides is 2. The Morgan fingerprint density at radius 1 is 0.850 bits per heavy atom. The molecule has 4 saturated heterocycles. The van der Waals surface area contributed by atoms with Crippen LogP contribution in [0.1, 0.15) is 88.9 Å². The summed E-state index contributed by atoms with van der Waals surface area (Å²) in [5.41, 5.74) is -7.24. The van der Waals surface area contributed by atoms with Gasteiger partial charge in [0, 0.05) is 42.5 Å². The zero-order valence-corrected chi connectivity index (χ0v) is 36.4. The number of thiophene rings is 1. The highest BCUT2D eigenvalue weighted by atomic mass is 32.1. The van der Waals surface area contributed by atoms with E-state index in [2.05, 4.69) is 5.32 Å². The number of esters is 2. The lowest BCUT2D eigenvalue weighted by molar-refractivity contribution is -0.163. The third kappa shape index (κ3) is 9.70. The van der Waals surface area contributed by atoms with E-state index in [9.17, 15) is 33.3 Å². The van der Waals surface area contributed by atoms with E-state index in [0.29, 0.717) is 63.1 Å². The number of rotatable bonds is 12. The second-order valence-corrected chi connectivity index (χ2v) is 20.7. The fourth-order valence-corrected chi connectivity index (χ4v) is 9.65. The van der Waals surface area contributed by atoms with E-state index < -0.39 is 73.2 Å². The number of morpholine rings is 1. The molecule has 330 valence electrons. The van der Waals surface area contributed by atoms with Crippen LogP contribution < -0.4 is 5.32 Å². The lowest BCUT2D eigenvalue weighted by Crippen LogP contribution is -2.62. The number of likely N-dealkylation sites (tertiary alicyclic amines) is 1. The summed E-state index contributed by atoms with van der Waals surface area (Å²) in [7, 11) is -5.58. The van der Waals surface area contributed by atoms with Crippen molar-refractivity contribution in [3.8, 4) is 0 Å². The average Bonchev–Trinajstić information content (AvgIpc) is 3.77. The summed E-state index contributed by atoms with van der Waals surface area (Å²) in [6, 6.07) is 2.87. The standard InChI is InChI=1S/C40H53F2N4O12PS/c1-38(2,3)36(51)55-22-57-59(53,58-23-56-37(52)39(4,5)6)40(41,42)26-10-13-30-24(18-26)19-31(60-30)32(47)43-28-9-7-8-27-11-12-29(46(27)34(28)49)35(50)45-20-25(21-45)33(48)44-14-16-54-17-15-44/h10,13,18-19,25,27-29H,7-9,11-12,14-17,20-23H2,1-6H3,(H,43,47)/t27-,28?,29-/m0/s1. The van der Waals surface area contributed by atoms with Gasteiger partial charge in [-0.25, -0.2) is 0 Å². The summed E-state index contributed by atoms with van der Waals surface area (Å²) in [6.07, 6.45) is 2.74. The third-order valence-electron chi connectivity index (χ3n) is 11.0. The Morgan fingerprint density at radius 2 is 1.47 bits per heavy atom. The number of carbonyl (C=O) groups is 6. The summed E-state index contributed by atoms with van der Waals surface area (Å²) >= 11 is 0.991. The van der Waals surface area contributed by atoms with E-state index in [1.807, 2.05) is 0 Å². The average molecular weight is 883 g/mol. The van der Waals surface area contributed by atoms with Crippen LogP contribution in [0.3, 0.4) is 0 Å². The first-order valence-corrected chi connectivity index (χ1v) is 22.4. The Kier molecular flexibility index (Phi) is 13.5. The van der Waals surface area contributed by atoms with Gasteiger partial charge in [0.1, 0.15) is 12.1 Å². The van der Waals surface area contributed by atoms with Crippen LogP contribution in [0.4, 0.5) is 8.78 Å². The number of hydrogen-bond donors (Lipinski definition) is 1. The van der Waals surface area contributed by atoms with Crippen molar-refractivity contribution < 1.29 is 65.4 Å². The molecule has 0 aliphatic carbocycles. The van der Waals surface area contributed by atoms with Gasteiger partial charge in [-0.2, -0.15) is 8.78 Å². The highest BCUT2D eigenvalue weighted by Gasteiger charge is 2.56. The molecule has 0 spiro atoms. The molecule has 3 atom stereocenters. The van der Waals surface area contributed by atoms with Crippen molar-refractivity contribution in [2.45, 2.75) is 97.4 Å². The topological polar surface area (TPSA) is 187 Å². The maximum absolute atomic E-state index is 16.2. The molecular formula is C40H53F2N4O12PS. The van der Waals surface area contributed by atoms with Crippen LogP contribution in [0, 0.1) is 16.7 Å². The Morgan fingerprint density at radius 3 is 2.07 bits per heavy atom. The largest absolute Gasteiger partial charge is 0.438 e. The first-order chi connectivity index (χ1) is 28.1. The lowest BCUT2D eigenvalue weighted by atomic mass is 9.96. The molecule has 4 amide bonds. The van der Waals surface area contributed by atoms with Crippen molar-refractivity contribution in [2.75, 3.05) is 53.0 Å². The van der Waals surface area contributed by atoms with Crippen molar-refractivity contribution in [1.82, 2.24) is 20.0 Å². The molecule has 0 radical (unpaired) electrons. The number of hydrogen-bond acceptors (Lipinski definition) is 13. The van der Waals surface area contributed by atoms with Crippen molar-refractivity contribution >= 4 is 64.6 Å². The number of halogens is 2. The zero-order valence-electron chi connectivity index (χ0n) is 34.7. The van der Waals surface area contributed by atoms with E-state index in [4.69, 9.17) is 23.3 Å². The number of ether oxygens (including phenoxy) is 3. The monoisotopic (exact) mass is 882 g/mol. The second kappa shape index (κ2) is 17.8. The molecule has 60 heavy (non-hydrogen) atoms. The number of nitrogens with one attached hydrogen (secondary N) is 1. The zero-order chi connectivity index (χ0) is 43.8. The predicted molar refractivity (Wildman–Crippen MR) is 213 cm³/mol. The van der Waals surface area contributed by atoms with Gasteiger partial charge < -0.3 is 34.2 Å². The SMILES string of the molecule is CC(C)(C)C(=O)OCOP(=O)(OCOC(=O)C(C)(C)C)C(F)(F)c1ccc2sc(C(=O)NC3CCC[C@H]4CC[C@@H](C(=O)N5CC(C(=O)N6CCOCC6)C5)N4C3=O)cc2c1. The van der Waals surface area contributed by atoms with Gasteiger partial charge in [0.15, 0.2) is 0 Å². The maximum Gasteiger partial charge on any atom is 0.410 e. The molecular weight excluding hydrogens is 829 g/mol. The Bertz CT molecular complexity index is 2000. The molecule has 4 aliphatic rings. The Hall–Kier alpha value is -4.03. The van der Waals surface area contributed by atoms with Crippen molar-refractivity contribution in [3.63, 3.8) is 0 Å². The van der Waals surface area contributed by atoms with Gasteiger partial charge in [0.05, 0.1) is 34.8 Å².